The maximum absolute atomic E-state index is 6.01. The lowest BCUT2D eigenvalue weighted by Crippen LogP contribution is -2.09. The first-order chi connectivity index (χ1) is 10.1. The Morgan fingerprint density at radius 2 is 1.43 bits per heavy atom. The zero-order valence-electron chi connectivity index (χ0n) is 11.1. The van der Waals surface area contributed by atoms with Crippen LogP contribution >= 0.6 is 34.8 Å². The van der Waals surface area contributed by atoms with E-state index in [9.17, 15) is 0 Å². The number of rotatable bonds is 6. The summed E-state index contributed by atoms with van der Waals surface area (Å²) in [4.78, 5) is 0. The second-order valence-corrected chi connectivity index (χ2v) is 5.46. The molecule has 6 heteroatoms. The molecule has 0 aliphatic heterocycles. The van der Waals surface area contributed by atoms with Crippen molar-refractivity contribution < 1.29 is 9.47 Å². The van der Waals surface area contributed by atoms with E-state index in [0.717, 1.165) is 11.3 Å². The van der Waals surface area contributed by atoms with Gasteiger partial charge >= 0.3 is 0 Å². The van der Waals surface area contributed by atoms with Gasteiger partial charge in [0.1, 0.15) is 24.7 Å². The molecule has 0 saturated heterocycles. The first-order valence-electron chi connectivity index (χ1n) is 6.29. The highest BCUT2D eigenvalue weighted by atomic mass is 35.5. The van der Waals surface area contributed by atoms with Crippen LogP contribution in [0.5, 0.6) is 11.5 Å². The molecule has 0 bridgehead atoms. The van der Waals surface area contributed by atoms with Crippen LogP contribution in [0.15, 0.2) is 36.4 Å². The maximum atomic E-state index is 6.01. The summed E-state index contributed by atoms with van der Waals surface area (Å²) in [7, 11) is 0. The Morgan fingerprint density at radius 3 is 2.10 bits per heavy atom. The van der Waals surface area contributed by atoms with E-state index in [1.54, 1.807) is 12.1 Å². The van der Waals surface area contributed by atoms with Crippen LogP contribution < -0.4 is 15.2 Å². The second-order valence-electron chi connectivity index (χ2n) is 4.24. The lowest BCUT2D eigenvalue weighted by atomic mass is 10.2. The van der Waals surface area contributed by atoms with Gasteiger partial charge in [-0.05, 0) is 23.8 Å². The van der Waals surface area contributed by atoms with Gasteiger partial charge < -0.3 is 15.2 Å². The Kier molecular flexibility index (Phi) is 6.00. The molecule has 3 nitrogen and oxygen atoms in total. The average molecular weight is 347 g/mol. The van der Waals surface area contributed by atoms with E-state index in [4.69, 9.17) is 50.0 Å². The standard InChI is InChI=1S/C15H14Cl3NO2/c16-12-7-14(18)15(8-13(12)17)21-6-5-20-11-3-1-10(9-19)2-4-11/h1-4,7-8H,5-6,9,19H2. The van der Waals surface area contributed by atoms with Gasteiger partial charge in [-0.2, -0.15) is 0 Å². The summed E-state index contributed by atoms with van der Waals surface area (Å²) in [5.41, 5.74) is 6.59. The fraction of sp³-hybridized carbons (Fsp3) is 0.200. The molecule has 0 aromatic heterocycles. The Hall–Kier alpha value is -1.13. The average Bonchev–Trinajstić information content (AvgIpc) is 2.49. The molecular weight excluding hydrogens is 333 g/mol. The van der Waals surface area contributed by atoms with Crippen LogP contribution in [0.1, 0.15) is 5.56 Å². The van der Waals surface area contributed by atoms with Gasteiger partial charge in [0, 0.05) is 12.6 Å². The summed E-state index contributed by atoms with van der Waals surface area (Å²) in [6.45, 7) is 1.24. The van der Waals surface area contributed by atoms with Crippen molar-refractivity contribution in [1.82, 2.24) is 0 Å². The molecule has 0 fully saturated rings. The van der Waals surface area contributed by atoms with E-state index < -0.39 is 0 Å². The number of nitrogens with two attached hydrogens (primary N) is 1. The third kappa shape index (κ3) is 4.68. The van der Waals surface area contributed by atoms with Gasteiger partial charge in [0.15, 0.2) is 0 Å². The Bertz CT molecular complexity index is 603. The number of hydrogen-bond donors (Lipinski definition) is 1. The van der Waals surface area contributed by atoms with Crippen molar-refractivity contribution >= 4 is 34.8 Å². The molecule has 0 unspecified atom stereocenters. The van der Waals surface area contributed by atoms with Gasteiger partial charge in [-0.15, -0.1) is 0 Å². The molecule has 0 aliphatic carbocycles. The molecule has 0 heterocycles. The molecule has 0 radical (unpaired) electrons. The summed E-state index contributed by atoms with van der Waals surface area (Å²) in [6, 6.07) is 10.7. The summed E-state index contributed by atoms with van der Waals surface area (Å²) in [5.74, 6) is 1.24. The third-order valence-corrected chi connectivity index (χ3v) is 3.76. The van der Waals surface area contributed by atoms with Gasteiger partial charge in [-0.3, -0.25) is 0 Å². The van der Waals surface area contributed by atoms with Crippen molar-refractivity contribution in [2.45, 2.75) is 6.54 Å². The quantitative estimate of drug-likeness (QED) is 0.616. The van der Waals surface area contributed by atoms with Crippen LogP contribution in [0.4, 0.5) is 0 Å². The number of ether oxygens (including phenoxy) is 2. The van der Waals surface area contributed by atoms with Gasteiger partial charge in [-0.25, -0.2) is 0 Å². The molecule has 2 rings (SSSR count). The minimum absolute atomic E-state index is 0.344. The Labute approximate surface area is 138 Å². The topological polar surface area (TPSA) is 44.5 Å². The fourth-order valence-corrected chi connectivity index (χ4v) is 2.24. The van der Waals surface area contributed by atoms with Crippen LogP contribution in [0.25, 0.3) is 0 Å². The molecule has 0 atom stereocenters. The minimum atomic E-state index is 0.344. The van der Waals surface area contributed by atoms with Gasteiger partial charge in [0.25, 0.3) is 0 Å². The third-order valence-electron chi connectivity index (χ3n) is 2.74. The van der Waals surface area contributed by atoms with Crippen LogP contribution in [-0.4, -0.2) is 13.2 Å². The predicted molar refractivity (Wildman–Crippen MR) is 86.8 cm³/mol. The predicted octanol–water partition coefficient (Wildman–Crippen LogP) is 4.56. The van der Waals surface area contributed by atoms with Crippen molar-refractivity contribution in [3.05, 3.63) is 57.0 Å². The highest BCUT2D eigenvalue weighted by Crippen LogP contribution is 2.33. The van der Waals surface area contributed by atoms with Crippen LogP contribution in [0.3, 0.4) is 0 Å². The van der Waals surface area contributed by atoms with Crippen LogP contribution in [0, 0.1) is 0 Å². The van der Waals surface area contributed by atoms with E-state index >= 15 is 0 Å². The van der Waals surface area contributed by atoms with Crippen molar-refractivity contribution in [3.8, 4) is 11.5 Å². The van der Waals surface area contributed by atoms with E-state index in [1.165, 1.54) is 0 Å². The first kappa shape index (κ1) is 16.2. The molecule has 0 spiro atoms. The molecule has 2 N–H and O–H groups in total. The summed E-state index contributed by atoms with van der Waals surface area (Å²) in [6.07, 6.45) is 0. The van der Waals surface area contributed by atoms with E-state index in [1.807, 2.05) is 24.3 Å². The SMILES string of the molecule is NCc1ccc(OCCOc2cc(Cl)c(Cl)cc2Cl)cc1. The zero-order valence-corrected chi connectivity index (χ0v) is 13.4. The molecule has 112 valence electrons. The second kappa shape index (κ2) is 7.76. The van der Waals surface area contributed by atoms with Gasteiger partial charge in [0.05, 0.1) is 15.1 Å². The summed E-state index contributed by atoms with van der Waals surface area (Å²) in [5, 5.41) is 1.20. The molecule has 2 aromatic carbocycles. The number of benzene rings is 2. The van der Waals surface area contributed by atoms with Crippen LogP contribution in [-0.2, 0) is 6.54 Å². The van der Waals surface area contributed by atoms with Gasteiger partial charge in [-0.1, -0.05) is 46.9 Å². The van der Waals surface area contributed by atoms with Gasteiger partial charge in [0.2, 0.25) is 0 Å². The smallest absolute Gasteiger partial charge is 0.139 e. The largest absolute Gasteiger partial charge is 0.490 e. The van der Waals surface area contributed by atoms with E-state index in [2.05, 4.69) is 0 Å². The molecule has 0 saturated carbocycles. The van der Waals surface area contributed by atoms with Crippen LogP contribution in [0.2, 0.25) is 15.1 Å². The Morgan fingerprint density at radius 1 is 0.810 bits per heavy atom. The molecule has 0 aliphatic rings. The molecule has 21 heavy (non-hydrogen) atoms. The lowest BCUT2D eigenvalue weighted by molar-refractivity contribution is 0.217. The van der Waals surface area contributed by atoms with E-state index in [-0.39, 0.29) is 0 Å². The van der Waals surface area contributed by atoms with Crippen molar-refractivity contribution in [3.63, 3.8) is 0 Å². The zero-order chi connectivity index (χ0) is 15.2. The Balaban J connectivity index is 1.83. The number of hydrogen-bond acceptors (Lipinski definition) is 3. The fourth-order valence-electron chi connectivity index (χ4n) is 1.65. The first-order valence-corrected chi connectivity index (χ1v) is 7.42. The summed E-state index contributed by atoms with van der Waals surface area (Å²) < 4.78 is 11.1. The van der Waals surface area contributed by atoms with Crippen molar-refractivity contribution in [1.29, 1.82) is 0 Å². The molecule has 2 aromatic rings. The highest BCUT2D eigenvalue weighted by molar-refractivity contribution is 6.43. The highest BCUT2D eigenvalue weighted by Gasteiger charge is 2.07. The monoisotopic (exact) mass is 345 g/mol. The number of halogens is 3. The maximum Gasteiger partial charge on any atom is 0.139 e. The molecule has 0 amide bonds. The minimum Gasteiger partial charge on any atom is -0.490 e. The lowest BCUT2D eigenvalue weighted by Gasteiger charge is -2.10. The van der Waals surface area contributed by atoms with E-state index in [0.29, 0.717) is 40.6 Å². The summed E-state index contributed by atoms with van der Waals surface area (Å²) >= 11 is 17.8. The molecular formula is C15H14Cl3NO2. The van der Waals surface area contributed by atoms with Crippen molar-refractivity contribution in [2.24, 2.45) is 5.73 Å². The normalized spacial score (nSPS) is 10.5. The van der Waals surface area contributed by atoms with Crippen molar-refractivity contribution in [2.75, 3.05) is 13.2 Å².